The smallest absolute Gasteiger partial charge is 0.264 e. The highest BCUT2D eigenvalue weighted by Gasteiger charge is 2.21. The van der Waals surface area contributed by atoms with Crippen molar-refractivity contribution in [2.24, 2.45) is 0 Å². The molecule has 0 saturated carbocycles. The summed E-state index contributed by atoms with van der Waals surface area (Å²) in [6, 6.07) is 18.4. The summed E-state index contributed by atoms with van der Waals surface area (Å²) in [5.74, 6) is 1.66. The molecule has 0 aromatic heterocycles. The highest BCUT2D eigenvalue weighted by Crippen LogP contribution is 2.29. The normalized spacial score (nSPS) is 10.7. The van der Waals surface area contributed by atoms with Gasteiger partial charge in [-0.1, -0.05) is 6.07 Å². The second-order valence-electron chi connectivity index (χ2n) is 6.51. The standard InChI is InChI=1S/C22H23N3O5S2/c1-28-17-9-7-15(8-10-17)25-32(26,27)21-14-19(30-3)11-12-20(21)24-22(31)23-16-5-4-6-18(13-16)29-2/h4-14,25H,1-3H3,(H2,23,24,31). The van der Waals surface area contributed by atoms with Crippen molar-refractivity contribution >= 4 is 44.4 Å². The van der Waals surface area contributed by atoms with Crippen molar-refractivity contribution in [3.8, 4) is 17.2 Å². The van der Waals surface area contributed by atoms with Gasteiger partial charge in [-0.2, -0.15) is 0 Å². The van der Waals surface area contributed by atoms with E-state index in [2.05, 4.69) is 15.4 Å². The van der Waals surface area contributed by atoms with Gasteiger partial charge in [0.25, 0.3) is 10.0 Å². The number of methoxy groups -OCH3 is 3. The van der Waals surface area contributed by atoms with E-state index in [4.69, 9.17) is 26.4 Å². The maximum absolute atomic E-state index is 13.2. The molecule has 10 heteroatoms. The van der Waals surface area contributed by atoms with Gasteiger partial charge < -0.3 is 24.8 Å². The fraction of sp³-hybridized carbons (Fsp3) is 0.136. The van der Waals surface area contributed by atoms with Crippen LogP contribution in [0, 0.1) is 0 Å². The minimum absolute atomic E-state index is 0.0255. The maximum atomic E-state index is 13.2. The van der Waals surface area contributed by atoms with Gasteiger partial charge >= 0.3 is 0 Å². The van der Waals surface area contributed by atoms with Crippen LogP contribution in [0.5, 0.6) is 17.2 Å². The van der Waals surface area contributed by atoms with Gasteiger partial charge in [-0.3, -0.25) is 4.72 Å². The number of anilines is 3. The minimum Gasteiger partial charge on any atom is -0.497 e. The molecule has 0 bridgehead atoms. The zero-order valence-electron chi connectivity index (χ0n) is 17.7. The molecule has 0 atom stereocenters. The van der Waals surface area contributed by atoms with Crippen LogP contribution in [0.2, 0.25) is 0 Å². The second kappa shape index (κ2) is 10.2. The molecule has 0 saturated heterocycles. The van der Waals surface area contributed by atoms with Crippen LogP contribution in [0.15, 0.2) is 71.6 Å². The summed E-state index contributed by atoms with van der Waals surface area (Å²) in [6.07, 6.45) is 0. The summed E-state index contributed by atoms with van der Waals surface area (Å²) in [6.45, 7) is 0. The highest BCUT2D eigenvalue weighted by atomic mass is 32.2. The molecule has 0 aliphatic heterocycles. The zero-order chi connectivity index (χ0) is 23.1. The van der Waals surface area contributed by atoms with Crippen molar-refractivity contribution in [1.29, 1.82) is 0 Å². The summed E-state index contributed by atoms with van der Waals surface area (Å²) < 4.78 is 44.4. The van der Waals surface area contributed by atoms with Crippen molar-refractivity contribution in [2.45, 2.75) is 4.90 Å². The molecule has 3 aromatic rings. The van der Waals surface area contributed by atoms with Gasteiger partial charge in [-0.15, -0.1) is 0 Å². The predicted molar refractivity (Wildman–Crippen MR) is 130 cm³/mol. The molecule has 0 radical (unpaired) electrons. The zero-order valence-corrected chi connectivity index (χ0v) is 19.3. The largest absolute Gasteiger partial charge is 0.497 e. The van der Waals surface area contributed by atoms with E-state index in [-0.39, 0.29) is 15.7 Å². The topological polar surface area (TPSA) is 97.9 Å². The van der Waals surface area contributed by atoms with E-state index in [9.17, 15) is 8.42 Å². The average molecular weight is 474 g/mol. The van der Waals surface area contributed by atoms with Gasteiger partial charge in [0.05, 0.1) is 27.0 Å². The fourth-order valence-corrected chi connectivity index (χ4v) is 4.27. The van der Waals surface area contributed by atoms with Crippen LogP contribution in [-0.4, -0.2) is 34.9 Å². The van der Waals surface area contributed by atoms with Gasteiger partial charge in [-0.25, -0.2) is 8.42 Å². The van der Waals surface area contributed by atoms with Crippen molar-refractivity contribution in [2.75, 3.05) is 36.7 Å². The Morgan fingerprint density at radius 2 is 1.38 bits per heavy atom. The Labute approximate surface area is 192 Å². The number of hydrogen-bond acceptors (Lipinski definition) is 6. The first kappa shape index (κ1) is 23.2. The Kier molecular flexibility index (Phi) is 7.39. The van der Waals surface area contributed by atoms with Crippen LogP contribution >= 0.6 is 12.2 Å². The van der Waals surface area contributed by atoms with Gasteiger partial charge in [0, 0.05) is 23.5 Å². The average Bonchev–Trinajstić information content (AvgIpc) is 2.79. The summed E-state index contributed by atoms with van der Waals surface area (Å²) in [7, 11) is 0.604. The van der Waals surface area contributed by atoms with Gasteiger partial charge in [0.1, 0.15) is 22.1 Å². The van der Waals surface area contributed by atoms with Crippen molar-refractivity contribution in [1.82, 2.24) is 0 Å². The molecule has 0 heterocycles. The van der Waals surface area contributed by atoms with E-state index in [1.807, 2.05) is 12.1 Å². The van der Waals surface area contributed by atoms with Gasteiger partial charge in [-0.05, 0) is 60.7 Å². The minimum atomic E-state index is -3.97. The van der Waals surface area contributed by atoms with E-state index in [1.54, 1.807) is 55.6 Å². The Morgan fingerprint density at radius 1 is 0.750 bits per heavy atom. The summed E-state index contributed by atoms with van der Waals surface area (Å²) in [5.41, 5.74) is 1.36. The van der Waals surface area contributed by atoms with E-state index >= 15 is 0 Å². The maximum Gasteiger partial charge on any atom is 0.264 e. The molecule has 0 spiro atoms. The molecular weight excluding hydrogens is 450 g/mol. The van der Waals surface area contributed by atoms with Crippen LogP contribution in [-0.2, 0) is 10.0 Å². The molecule has 0 fully saturated rings. The molecule has 32 heavy (non-hydrogen) atoms. The Bertz CT molecular complexity index is 1200. The molecular formula is C22H23N3O5S2. The number of sulfonamides is 1. The fourth-order valence-electron chi connectivity index (χ4n) is 2.81. The molecule has 0 aliphatic carbocycles. The Morgan fingerprint density at radius 3 is 2.03 bits per heavy atom. The lowest BCUT2D eigenvalue weighted by Gasteiger charge is -2.16. The van der Waals surface area contributed by atoms with Crippen molar-refractivity contribution in [3.05, 3.63) is 66.7 Å². The molecule has 0 aliphatic rings. The SMILES string of the molecule is COc1ccc(NS(=O)(=O)c2cc(OC)ccc2NC(=S)Nc2cccc(OC)c2)cc1. The molecule has 168 valence electrons. The summed E-state index contributed by atoms with van der Waals surface area (Å²) >= 11 is 5.38. The number of nitrogens with one attached hydrogen (secondary N) is 3. The van der Waals surface area contributed by atoms with Crippen LogP contribution < -0.4 is 29.6 Å². The third kappa shape index (κ3) is 5.80. The van der Waals surface area contributed by atoms with E-state index in [0.29, 0.717) is 28.6 Å². The quantitative estimate of drug-likeness (QED) is 0.416. The van der Waals surface area contributed by atoms with Gasteiger partial charge in [0.2, 0.25) is 0 Å². The molecule has 3 aromatic carbocycles. The number of thiocarbonyl (C=S) groups is 1. The number of benzene rings is 3. The van der Waals surface area contributed by atoms with E-state index < -0.39 is 10.0 Å². The first-order valence-electron chi connectivity index (χ1n) is 9.41. The van der Waals surface area contributed by atoms with Crippen LogP contribution in [0.1, 0.15) is 0 Å². The molecule has 0 amide bonds. The Hall–Kier alpha value is -3.50. The first-order valence-corrected chi connectivity index (χ1v) is 11.3. The third-order valence-electron chi connectivity index (χ3n) is 4.40. The van der Waals surface area contributed by atoms with E-state index in [0.717, 1.165) is 0 Å². The lowest BCUT2D eigenvalue weighted by molar-refractivity contribution is 0.413. The third-order valence-corrected chi connectivity index (χ3v) is 6.02. The molecule has 3 N–H and O–H groups in total. The first-order chi connectivity index (χ1) is 15.3. The van der Waals surface area contributed by atoms with Crippen molar-refractivity contribution < 1.29 is 22.6 Å². The monoisotopic (exact) mass is 473 g/mol. The number of rotatable bonds is 8. The summed E-state index contributed by atoms with van der Waals surface area (Å²) in [5, 5.41) is 6.17. The van der Waals surface area contributed by atoms with Crippen LogP contribution in [0.4, 0.5) is 17.1 Å². The van der Waals surface area contributed by atoms with Crippen molar-refractivity contribution in [3.63, 3.8) is 0 Å². The molecule has 8 nitrogen and oxygen atoms in total. The lowest BCUT2D eigenvalue weighted by Crippen LogP contribution is -2.22. The summed E-state index contributed by atoms with van der Waals surface area (Å²) in [4.78, 5) is -0.0255. The van der Waals surface area contributed by atoms with Crippen LogP contribution in [0.3, 0.4) is 0 Å². The molecule has 0 unspecified atom stereocenters. The van der Waals surface area contributed by atoms with Gasteiger partial charge in [0.15, 0.2) is 5.11 Å². The highest BCUT2D eigenvalue weighted by molar-refractivity contribution is 7.93. The second-order valence-corrected chi connectivity index (χ2v) is 8.57. The number of hydrogen-bond donors (Lipinski definition) is 3. The molecule has 3 rings (SSSR count). The Balaban J connectivity index is 1.85. The predicted octanol–water partition coefficient (Wildman–Crippen LogP) is 4.32. The van der Waals surface area contributed by atoms with Crippen LogP contribution in [0.25, 0.3) is 0 Å². The van der Waals surface area contributed by atoms with E-state index in [1.165, 1.54) is 20.3 Å². The lowest BCUT2D eigenvalue weighted by atomic mass is 10.3. The number of ether oxygens (including phenoxy) is 3.